The maximum absolute atomic E-state index is 13.0. The van der Waals surface area contributed by atoms with Gasteiger partial charge in [-0.2, -0.15) is 0 Å². The molecule has 0 N–H and O–H groups in total. The van der Waals surface area contributed by atoms with E-state index in [0.717, 1.165) is 23.3 Å². The summed E-state index contributed by atoms with van der Waals surface area (Å²) < 4.78 is 5.27. The van der Waals surface area contributed by atoms with Crippen molar-refractivity contribution in [1.29, 1.82) is 0 Å². The predicted molar refractivity (Wildman–Crippen MR) is 90.5 cm³/mol. The number of benzene rings is 2. The van der Waals surface area contributed by atoms with Crippen LogP contribution < -0.4 is 4.74 Å². The van der Waals surface area contributed by atoms with Crippen molar-refractivity contribution >= 4 is 11.7 Å². The molecule has 2 aliphatic rings. The second kappa shape index (κ2) is 5.78. The molecule has 0 saturated carbocycles. The van der Waals surface area contributed by atoms with Gasteiger partial charge in [0.1, 0.15) is 5.75 Å². The molecule has 1 heterocycles. The minimum absolute atomic E-state index is 0.0306. The van der Waals surface area contributed by atoms with E-state index >= 15 is 0 Å². The van der Waals surface area contributed by atoms with Crippen LogP contribution in [-0.4, -0.2) is 30.2 Å². The monoisotopic (exact) mass is 321 g/mol. The van der Waals surface area contributed by atoms with Crippen LogP contribution in [-0.2, 0) is 19.4 Å². The third-order valence-electron chi connectivity index (χ3n) is 5.02. The molecular formula is C20H19NO3. The fraction of sp³-hybridized carbons (Fsp3) is 0.300. The standard InChI is InChI=1S/C20H19NO3/c1-24-15-6-5-14-12-21(10-9-13(14)11-15)20(23)18-4-2-3-17-16(18)7-8-19(17)22/h2-6,11H,7-10,12H2,1H3. The van der Waals surface area contributed by atoms with Crippen molar-refractivity contribution in [3.63, 3.8) is 0 Å². The molecule has 1 amide bonds. The molecule has 0 fully saturated rings. The number of methoxy groups -OCH3 is 1. The van der Waals surface area contributed by atoms with Gasteiger partial charge in [0.2, 0.25) is 0 Å². The topological polar surface area (TPSA) is 46.6 Å². The lowest BCUT2D eigenvalue weighted by Gasteiger charge is -2.29. The Bertz CT molecular complexity index is 841. The van der Waals surface area contributed by atoms with Gasteiger partial charge in [0, 0.05) is 30.6 Å². The maximum atomic E-state index is 13.0. The van der Waals surface area contributed by atoms with E-state index in [2.05, 4.69) is 6.07 Å². The fourth-order valence-corrected chi connectivity index (χ4v) is 3.69. The number of fused-ring (bicyclic) bond motifs is 2. The van der Waals surface area contributed by atoms with Crippen molar-refractivity contribution in [2.24, 2.45) is 0 Å². The number of ether oxygens (including phenoxy) is 1. The van der Waals surface area contributed by atoms with E-state index in [4.69, 9.17) is 4.74 Å². The van der Waals surface area contributed by atoms with Gasteiger partial charge >= 0.3 is 0 Å². The SMILES string of the molecule is COc1ccc2c(c1)CCN(C(=O)c1cccc3c1CCC3=O)C2. The second-order valence-electron chi connectivity index (χ2n) is 6.37. The molecule has 0 atom stereocenters. The van der Waals surface area contributed by atoms with Gasteiger partial charge in [0.15, 0.2) is 5.78 Å². The first-order valence-electron chi connectivity index (χ1n) is 8.27. The smallest absolute Gasteiger partial charge is 0.254 e. The van der Waals surface area contributed by atoms with Gasteiger partial charge in [0.25, 0.3) is 5.91 Å². The Hall–Kier alpha value is -2.62. The van der Waals surface area contributed by atoms with Gasteiger partial charge in [-0.05, 0) is 47.7 Å². The summed E-state index contributed by atoms with van der Waals surface area (Å²) in [6.07, 6.45) is 2.02. The predicted octanol–water partition coefficient (Wildman–Crippen LogP) is 3.02. The van der Waals surface area contributed by atoms with Crippen LogP contribution in [0.15, 0.2) is 36.4 Å². The summed E-state index contributed by atoms with van der Waals surface area (Å²) in [5.41, 5.74) is 4.75. The molecule has 1 aliphatic carbocycles. The van der Waals surface area contributed by atoms with Crippen molar-refractivity contribution in [3.8, 4) is 5.75 Å². The van der Waals surface area contributed by atoms with E-state index in [-0.39, 0.29) is 11.7 Å². The van der Waals surface area contributed by atoms with E-state index in [0.29, 0.717) is 31.5 Å². The molecule has 4 rings (SSSR count). The number of nitrogens with zero attached hydrogens (tertiary/aromatic N) is 1. The molecular weight excluding hydrogens is 302 g/mol. The van der Waals surface area contributed by atoms with Crippen molar-refractivity contribution in [3.05, 3.63) is 64.2 Å². The zero-order chi connectivity index (χ0) is 16.7. The molecule has 2 aromatic rings. The lowest BCUT2D eigenvalue weighted by atomic mass is 9.97. The van der Waals surface area contributed by atoms with Crippen molar-refractivity contribution in [2.75, 3.05) is 13.7 Å². The fourth-order valence-electron chi connectivity index (χ4n) is 3.69. The zero-order valence-corrected chi connectivity index (χ0v) is 13.7. The third kappa shape index (κ3) is 2.39. The quantitative estimate of drug-likeness (QED) is 0.854. The van der Waals surface area contributed by atoms with Crippen LogP contribution in [0, 0.1) is 0 Å². The summed E-state index contributed by atoms with van der Waals surface area (Å²) in [5, 5.41) is 0. The lowest BCUT2D eigenvalue weighted by molar-refractivity contribution is 0.0733. The summed E-state index contributed by atoms with van der Waals surface area (Å²) in [4.78, 5) is 26.8. The average Bonchev–Trinajstić information content (AvgIpc) is 3.01. The molecule has 122 valence electrons. The summed E-state index contributed by atoms with van der Waals surface area (Å²) in [7, 11) is 1.66. The lowest BCUT2D eigenvalue weighted by Crippen LogP contribution is -2.36. The second-order valence-corrected chi connectivity index (χ2v) is 6.37. The molecule has 0 spiro atoms. The number of carbonyl (C=O) groups excluding carboxylic acids is 2. The Labute approximate surface area is 141 Å². The largest absolute Gasteiger partial charge is 0.497 e. The third-order valence-corrected chi connectivity index (χ3v) is 5.02. The zero-order valence-electron chi connectivity index (χ0n) is 13.7. The van der Waals surface area contributed by atoms with Gasteiger partial charge in [-0.25, -0.2) is 0 Å². The van der Waals surface area contributed by atoms with Gasteiger partial charge < -0.3 is 9.64 Å². The Morgan fingerprint density at radius 3 is 2.79 bits per heavy atom. The number of Topliss-reactive ketones (excluding diaryl/α,β-unsaturated/α-hetero) is 1. The first kappa shape index (κ1) is 14.9. The molecule has 4 heteroatoms. The van der Waals surface area contributed by atoms with E-state index in [1.165, 1.54) is 11.1 Å². The highest BCUT2D eigenvalue weighted by atomic mass is 16.5. The Morgan fingerprint density at radius 1 is 1.08 bits per heavy atom. The van der Waals surface area contributed by atoms with Gasteiger partial charge in [0.05, 0.1) is 7.11 Å². The molecule has 24 heavy (non-hydrogen) atoms. The normalized spacial score (nSPS) is 15.9. The number of amides is 1. The molecule has 1 aliphatic heterocycles. The number of rotatable bonds is 2. The first-order chi connectivity index (χ1) is 11.7. The Kier molecular flexibility index (Phi) is 3.60. The van der Waals surface area contributed by atoms with Crippen LogP contribution in [0.25, 0.3) is 0 Å². The highest BCUT2D eigenvalue weighted by molar-refractivity contribution is 6.05. The minimum atomic E-state index is 0.0306. The molecule has 0 aromatic heterocycles. The van der Waals surface area contributed by atoms with Crippen molar-refractivity contribution in [1.82, 2.24) is 4.90 Å². The van der Waals surface area contributed by atoms with Crippen LogP contribution in [0.3, 0.4) is 0 Å². The summed E-state index contributed by atoms with van der Waals surface area (Å²) in [6, 6.07) is 11.5. The summed E-state index contributed by atoms with van der Waals surface area (Å²) in [6.45, 7) is 1.30. The minimum Gasteiger partial charge on any atom is -0.497 e. The van der Waals surface area contributed by atoms with Crippen LogP contribution in [0.1, 0.15) is 43.8 Å². The number of ketones is 1. The molecule has 0 saturated heterocycles. The first-order valence-corrected chi connectivity index (χ1v) is 8.27. The molecule has 0 radical (unpaired) electrons. The van der Waals surface area contributed by atoms with Crippen molar-refractivity contribution < 1.29 is 14.3 Å². The van der Waals surface area contributed by atoms with Crippen LogP contribution in [0.2, 0.25) is 0 Å². The molecule has 2 aromatic carbocycles. The molecule has 4 nitrogen and oxygen atoms in total. The number of hydrogen-bond donors (Lipinski definition) is 0. The van der Waals surface area contributed by atoms with E-state index in [1.54, 1.807) is 7.11 Å². The Balaban J connectivity index is 1.62. The Morgan fingerprint density at radius 2 is 1.96 bits per heavy atom. The van der Waals surface area contributed by atoms with Gasteiger partial charge in [-0.3, -0.25) is 9.59 Å². The number of hydrogen-bond acceptors (Lipinski definition) is 3. The van der Waals surface area contributed by atoms with Crippen LogP contribution in [0.4, 0.5) is 0 Å². The number of carbonyl (C=O) groups is 2. The van der Waals surface area contributed by atoms with Gasteiger partial charge in [-0.15, -0.1) is 0 Å². The van der Waals surface area contributed by atoms with E-state index < -0.39 is 0 Å². The summed E-state index contributed by atoms with van der Waals surface area (Å²) >= 11 is 0. The van der Waals surface area contributed by atoms with Gasteiger partial charge in [-0.1, -0.05) is 18.2 Å². The summed E-state index contributed by atoms with van der Waals surface area (Å²) in [5.74, 6) is 1.03. The van der Waals surface area contributed by atoms with Crippen molar-refractivity contribution in [2.45, 2.75) is 25.8 Å². The van der Waals surface area contributed by atoms with E-state index in [9.17, 15) is 9.59 Å². The van der Waals surface area contributed by atoms with Crippen LogP contribution in [0.5, 0.6) is 5.75 Å². The highest BCUT2D eigenvalue weighted by Crippen LogP contribution is 2.29. The van der Waals surface area contributed by atoms with Crippen LogP contribution >= 0.6 is 0 Å². The highest BCUT2D eigenvalue weighted by Gasteiger charge is 2.28. The average molecular weight is 321 g/mol. The molecule has 0 bridgehead atoms. The van der Waals surface area contributed by atoms with E-state index in [1.807, 2.05) is 35.2 Å². The maximum Gasteiger partial charge on any atom is 0.254 e. The molecule has 0 unspecified atom stereocenters.